The van der Waals surface area contributed by atoms with Gasteiger partial charge in [0.05, 0.1) is 13.2 Å². The van der Waals surface area contributed by atoms with E-state index < -0.39 is 17.7 Å². The molecule has 25 heavy (non-hydrogen) atoms. The van der Waals surface area contributed by atoms with Gasteiger partial charge in [-0.1, -0.05) is 0 Å². The predicted octanol–water partition coefficient (Wildman–Crippen LogP) is 2.02. The highest BCUT2D eigenvalue weighted by molar-refractivity contribution is 5.89. The number of morpholine rings is 1. The van der Waals surface area contributed by atoms with Gasteiger partial charge < -0.3 is 20.3 Å². The minimum atomic E-state index is -0.648. The first-order chi connectivity index (χ1) is 12.1. The fourth-order valence-electron chi connectivity index (χ4n) is 3.21. The zero-order valence-corrected chi connectivity index (χ0v) is 14.2. The number of hydrogen-bond donors (Lipinski definition) is 2. The summed E-state index contributed by atoms with van der Waals surface area (Å²) in [4.78, 5) is 15.8. The van der Waals surface area contributed by atoms with Crippen molar-refractivity contribution in [3.63, 3.8) is 0 Å². The van der Waals surface area contributed by atoms with E-state index in [0.717, 1.165) is 38.1 Å². The number of hydrogen-bond acceptors (Lipinski definition) is 4. The molecule has 2 N–H and O–H groups in total. The monoisotopic (exact) mass is 354 g/mol. The highest BCUT2D eigenvalue weighted by Gasteiger charge is 2.21. The van der Waals surface area contributed by atoms with E-state index in [2.05, 4.69) is 15.5 Å². The Morgan fingerprint density at radius 1 is 1.08 bits per heavy atom. The van der Waals surface area contributed by atoms with Crippen molar-refractivity contribution in [2.45, 2.75) is 12.8 Å². The normalized spacial score (nSPS) is 18.4. The quantitative estimate of drug-likeness (QED) is 0.849. The molecule has 2 fully saturated rings. The molecule has 0 spiro atoms. The molecule has 0 aliphatic carbocycles. The first-order valence-electron chi connectivity index (χ1n) is 8.72. The lowest BCUT2D eigenvalue weighted by Gasteiger charge is -2.26. The summed E-state index contributed by atoms with van der Waals surface area (Å²) in [5, 5.41) is 5.19. The molecule has 1 aromatic carbocycles. The van der Waals surface area contributed by atoms with E-state index in [1.54, 1.807) is 4.90 Å². The van der Waals surface area contributed by atoms with Crippen LogP contribution in [0.1, 0.15) is 12.8 Å². The zero-order valence-electron chi connectivity index (χ0n) is 14.2. The lowest BCUT2D eigenvalue weighted by molar-refractivity contribution is 0.0388. The second kappa shape index (κ2) is 8.44. The number of rotatable bonds is 5. The van der Waals surface area contributed by atoms with E-state index in [9.17, 15) is 13.6 Å². The van der Waals surface area contributed by atoms with E-state index in [4.69, 9.17) is 4.74 Å². The van der Waals surface area contributed by atoms with Gasteiger partial charge in [-0.2, -0.15) is 0 Å². The number of anilines is 2. The molecule has 2 amide bonds. The second-order valence-electron chi connectivity index (χ2n) is 6.32. The minimum absolute atomic E-state index is 0.00391. The van der Waals surface area contributed by atoms with Crippen molar-refractivity contribution in [2.75, 3.05) is 62.7 Å². The van der Waals surface area contributed by atoms with E-state index in [0.29, 0.717) is 39.4 Å². The molecule has 2 aliphatic rings. The highest BCUT2D eigenvalue weighted by Crippen LogP contribution is 2.29. The van der Waals surface area contributed by atoms with Gasteiger partial charge >= 0.3 is 6.03 Å². The number of halogens is 2. The van der Waals surface area contributed by atoms with Crippen molar-refractivity contribution in [3.05, 3.63) is 23.8 Å². The van der Waals surface area contributed by atoms with Crippen LogP contribution in [0.15, 0.2) is 12.1 Å². The summed E-state index contributed by atoms with van der Waals surface area (Å²) >= 11 is 0. The Hall–Kier alpha value is -1.93. The van der Waals surface area contributed by atoms with Crippen LogP contribution >= 0.6 is 0 Å². The highest BCUT2D eigenvalue weighted by atomic mass is 19.1. The van der Waals surface area contributed by atoms with E-state index in [1.807, 2.05) is 0 Å². The predicted molar refractivity (Wildman–Crippen MR) is 92.1 cm³/mol. The summed E-state index contributed by atoms with van der Waals surface area (Å²) in [5.74, 6) is -1.30. The lowest BCUT2D eigenvalue weighted by atomic mass is 10.2. The van der Waals surface area contributed by atoms with E-state index in [1.165, 1.54) is 0 Å². The van der Waals surface area contributed by atoms with E-state index in [-0.39, 0.29) is 11.4 Å². The summed E-state index contributed by atoms with van der Waals surface area (Å²) < 4.78 is 33.7. The summed E-state index contributed by atoms with van der Waals surface area (Å²) in [6.45, 7) is 5.58. The molecule has 0 atom stereocenters. The summed E-state index contributed by atoms with van der Waals surface area (Å²) in [6, 6.07) is 1.86. The fraction of sp³-hybridized carbons (Fsp3) is 0.588. The molecule has 6 nitrogen and oxygen atoms in total. The average molecular weight is 354 g/mol. The van der Waals surface area contributed by atoms with Crippen LogP contribution in [0.3, 0.4) is 0 Å². The molecule has 0 unspecified atom stereocenters. The van der Waals surface area contributed by atoms with Crippen LogP contribution in [-0.2, 0) is 4.74 Å². The summed E-state index contributed by atoms with van der Waals surface area (Å²) in [5.41, 5.74) is 0.109. The first-order valence-corrected chi connectivity index (χ1v) is 8.72. The lowest BCUT2D eigenvalue weighted by Crippen LogP contribution is -2.42. The fourth-order valence-corrected chi connectivity index (χ4v) is 3.21. The topological polar surface area (TPSA) is 56.8 Å². The van der Waals surface area contributed by atoms with Crippen LogP contribution in [0.5, 0.6) is 0 Å². The van der Waals surface area contributed by atoms with Gasteiger partial charge in [0.25, 0.3) is 0 Å². The number of nitrogens with zero attached hydrogens (tertiary/aromatic N) is 2. The Bertz CT molecular complexity index is 579. The van der Waals surface area contributed by atoms with Gasteiger partial charge in [0.1, 0.15) is 5.69 Å². The third-order valence-electron chi connectivity index (χ3n) is 4.51. The van der Waals surface area contributed by atoms with Crippen LogP contribution < -0.4 is 15.5 Å². The van der Waals surface area contributed by atoms with Gasteiger partial charge in [0.2, 0.25) is 0 Å². The largest absolute Gasteiger partial charge is 0.379 e. The van der Waals surface area contributed by atoms with Crippen molar-refractivity contribution in [1.29, 1.82) is 0 Å². The molecule has 0 saturated carbocycles. The minimum Gasteiger partial charge on any atom is -0.379 e. The van der Waals surface area contributed by atoms with Crippen LogP contribution in [0.25, 0.3) is 0 Å². The van der Waals surface area contributed by atoms with Crippen LogP contribution in [0, 0.1) is 11.6 Å². The Morgan fingerprint density at radius 2 is 1.72 bits per heavy atom. The molecule has 0 radical (unpaired) electrons. The van der Waals surface area contributed by atoms with Crippen LogP contribution in [-0.4, -0.2) is 63.4 Å². The van der Waals surface area contributed by atoms with Crippen LogP contribution in [0.2, 0.25) is 0 Å². The maximum absolute atomic E-state index is 14.2. The van der Waals surface area contributed by atoms with Crippen molar-refractivity contribution < 1.29 is 18.3 Å². The van der Waals surface area contributed by atoms with Gasteiger partial charge in [0, 0.05) is 45.0 Å². The summed E-state index contributed by atoms with van der Waals surface area (Å²) in [6.07, 6.45) is 1.87. The molecule has 3 rings (SSSR count). The molecule has 0 bridgehead atoms. The van der Waals surface area contributed by atoms with Crippen molar-refractivity contribution in [1.82, 2.24) is 10.2 Å². The molecule has 1 aromatic rings. The molecule has 2 saturated heterocycles. The van der Waals surface area contributed by atoms with Gasteiger partial charge in [-0.3, -0.25) is 4.90 Å². The number of benzene rings is 1. The third-order valence-corrected chi connectivity index (χ3v) is 4.51. The molecule has 0 aromatic heterocycles. The summed E-state index contributed by atoms with van der Waals surface area (Å²) in [7, 11) is 0. The number of ether oxygens (including phenoxy) is 1. The Kier molecular flexibility index (Phi) is 6.04. The second-order valence-corrected chi connectivity index (χ2v) is 6.32. The average Bonchev–Trinajstić information content (AvgIpc) is 3.09. The Labute approximate surface area is 146 Å². The molecule has 138 valence electrons. The van der Waals surface area contributed by atoms with Crippen LogP contribution in [0.4, 0.5) is 25.0 Å². The van der Waals surface area contributed by atoms with Crippen molar-refractivity contribution >= 4 is 17.4 Å². The van der Waals surface area contributed by atoms with Gasteiger partial charge in [-0.15, -0.1) is 0 Å². The van der Waals surface area contributed by atoms with E-state index >= 15 is 0 Å². The van der Waals surface area contributed by atoms with Gasteiger partial charge in [-0.25, -0.2) is 13.6 Å². The number of carbonyl (C=O) groups excluding carboxylic acids is 1. The molecule has 2 heterocycles. The number of amides is 2. The maximum Gasteiger partial charge on any atom is 0.319 e. The number of urea groups is 1. The molecular formula is C17H24F2N4O2. The zero-order chi connectivity index (χ0) is 17.6. The van der Waals surface area contributed by atoms with Crippen molar-refractivity contribution in [2.24, 2.45) is 0 Å². The standard InChI is InChI=1S/C17H24F2N4O2/c18-14-11-13(12-15(19)16(14)23-4-1-2-5-23)21-17(24)20-3-6-22-7-9-25-10-8-22/h11-12H,1-10H2,(H2,20,21,24). The van der Waals surface area contributed by atoms with Gasteiger partial charge in [0.15, 0.2) is 11.6 Å². The molecule has 2 aliphatic heterocycles. The number of nitrogens with one attached hydrogen (secondary N) is 2. The van der Waals surface area contributed by atoms with Crippen molar-refractivity contribution in [3.8, 4) is 0 Å². The molecule has 8 heteroatoms. The SMILES string of the molecule is O=C(NCCN1CCOCC1)Nc1cc(F)c(N2CCCC2)c(F)c1. The maximum atomic E-state index is 14.2. The first kappa shape index (κ1) is 17.9. The van der Waals surface area contributed by atoms with Gasteiger partial charge in [-0.05, 0) is 25.0 Å². The third kappa shape index (κ3) is 4.79. The Morgan fingerprint density at radius 3 is 2.36 bits per heavy atom. The number of carbonyl (C=O) groups is 1. The molecular weight excluding hydrogens is 330 g/mol. The smallest absolute Gasteiger partial charge is 0.319 e. The Balaban J connectivity index is 1.50.